The van der Waals surface area contributed by atoms with E-state index < -0.39 is 5.92 Å². The van der Waals surface area contributed by atoms with Crippen LogP contribution in [0.4, 0.5) is 5.13 Å². The Balaban J connectivity index is 1.75. The van der Waals surface area contributed by atoms with Crippen molar-refractivity contribution in [2.24, 2.45) is 16.0 Å². The highest BCUT2D eigenvalue weighted by Gasteiger charge is 2.40. The van der Waals surface area contributed by atoms with Gasteiger partial charge in [0.05, 0.1) is 29.1 Å². The third-order valence-electron chi connectivity index (χ3n) is 4.54. The molecule has 0 N–H and O–H groups in total. The predicted octanol–water partition coefficient (Wildman–Crippen LogP) is 3.77. The molecule has 0 saturated heterocycles. The molecule has 6 nitrogen and oxygen atoms in total. The Hall–Kier alpha value is -2.90. The Bertz CT molecular complexity index is 1030. The van der Waals surface area contributed by atoms with E-state index >= 15 is 0 Å². The molecule has 1 aliphatic heterocycles. The molecule has 0 aliphatic carbocycles. The lowest BCUT2D eigenvalue weighted by molar-refractivity contribution is -0.118. The van der Waals surface area contributed by atoms with E-state index in [4.69, 9.17) is 4.74 Å². The van der Waals surface area contributed by atoms with Gasteiger partial charge in [-0.25, -0.2) is 4.98 Å². The minimum Gasteiger partial charge on any atom is -0.383 e. The summed E-state index contributed by atoms with van der Waals surface area (Å²) in [6, 6.07) is 17.6. The quantitative estimate of drug-likeness (QED) is 0.474. The van der Waals surface area contributed by atoms with Gasteiger partial charge in [-0.15, -0.1) is 0 Å². The van der Waals surface area contributed by atoms with Crippen LogP contribution in [0.5, 0.6) is 0 Å². The number of anilines is 1. The van der Waals surface area contributed by atoms with Crippen LogP contribution in [0, 0.1) is 5.92 Å². The van der Waals surface area contributed by atoms with Crippen molar-refractivity contribution in [3.8, 4) is 0 Å². The highest BCUT2D eigenvalue weighted by Crippen LogP contribution is 2.33. The number of methoxy groups -OCH3 is 1. The summed E-state index contributed by atoms with van der Waals surface area (Å²) in [5, 5.41) is 6.67. The van der Waals surface area contributed by atoms with Gasteiger partial charge < -0.3 is 4.74 Å². The standard InChI is InChI=1S/C21H20N4O2S/c1-14(22-12-13-27-2)18-19(15-8-4-3-5-9-15)24-25(20(18)26)21-23-16-10-6-7-11-17(16)28-21/h3-11,18H,12-13H2,1-2H3. The first kappa shape index (κ1) is 18.5. The van der Waals surface area contributed by atoms with E-state index in [1.54, 1.807) is 7.11 Å². The molecule has 0 radical (unpaired) electrons. The summed E-state index contributed by atoms with van der Waals surface area (Å²) in [5.41, 5.74) is 3.20. The summed E-state index contributed by atoms with van der Waals surface area (Å²) >= 11 is 1.46. The number of hydrogen-bond donors (Lipinski definition) is 0. The zero-order chi connectivity index (χ0) is 19.5. The number of nitrogens with zero attached hydrogens (tertiary/aromatic N) is 4. The van der Waals surface area contributed by atoms with Crippen molar-refractivity contribution in [1.29, 1.82) is 0 Å². The Kier molecular flexibility index (Phi) is 5.27. The number of carbonyl (C=O) groups excluding carboxylic acids is 1. The lowest BCUT2D eigenvalue weighted by Gasteiger charge is -2.12. The van der Waals surface area contributed by atoms with Crippen LogP contribution in [0.3, 0.4) is 0 Å². The Morgan fingerprint density at radius 3 is 2.68 bits per heavy atom. The fraction of sp³-hybridized carbons (Fsp3) is 0.238. The number of benzene rings is 2. The van der Waals surface area contributed by atoms with Gasteiger partial charge in [0.15, 0.2) is 0 Å². The maximum Gasteiger partial charge on any atom is 0.264 e. The first-order chi connectivity index (χ1) is 13.7. The van der Waals surface area contributed by atoms with Crippen molar-refractivity contribution in [3.63, 3.8) is 0 Å². The third kappa shape index (κ3) is 3.46. The second kappa shape index (κ2) is 8.00. The van der Waals surface area contributed by atoms with Gasteiger partial charge in [-0.2, -0.15) is 10.1 Å². The van der Waals surface area contributed by atoms with Gasteiger partial charge in [-0.1, -0.05) is 53.8 Å². The van der Waals surface area contributed by atoms with Gasteiger partial charge in [0.1, 0.15) is 5.92 Å². The highest BCUT2D eigenvalue weighted by molar-refractivity contribution is 7.22. The minimum atomic E-state index is -0.522. The number of thiazole rings is 1. The minimum absolute atomic E-state index is 0.128. The fourth-order valence-electron chi connectivity index (χ4n) is 3.16. The Morgan fingerprint density at radius 1 is 1.18 bits per heavy atom. The van der Waals surface area contributed by atoms with Gasteiger partial charge in [-0.05, 0) is 24.6 Å². The summed E-state index contributed by atoms with van der Waals surface area (Å²) in [6.07, 6.45) is 0. The van der Waals surface area contributed by atoms with E-state index in [9.17, 15) is 4.79 Å². The summed E-state index contributed by atoms with van der Waals surface area (Å²) in [6.45, 7) is 2.89. The van der Waals surface area contributed by atoms with Crippen LogP contribution < -0.4 is 5.01 Å². The lowest BCUT2D eigenvalue weighted by atomic mass is 9.93. The van der Waals surface area contributed by atoms with Crippen LogP contribution in [-0.2, 0) is 9.53 Å². The topological polar surface area (TPSA) is 67.2 Å². The molecule has 1 aromatic heterocycles. The molecule has 0 saturated carbocycles. The van der Waals surface area contributed by atoms with Crippen LogP contribution in [0.15, 0.2) is 64.7 Å². The van der Waals surface area contributed by atoms with E-state index in [1.807, 2.05) is 61.5 Å². The normalized spacial score (nSPS) is 17.4. The molecule has 7 heteroatoms. The maximum absolute atomic E-state index is 13.3. The van der Waals surface area contributed by atoms with Crippen LogP contribution in [0.25, 0.3) is 10.2 Å². The van der Waals surface area contributed by atoms with Crippen molar-refractivity contribution < 1.29 is 9.53 Å². The number of para-hydroxylation sites is 1. The molecule has 1 unspecified atom stereocenters. The molecule has 1 atom stereocenters. The molecule has 4 rings (SSSR count). The number of aliphatic imine (C=N–C) groups is 1. The predicted molar refractivity (Wildman–Crippen MR) is 113 cm³/mol. The number of hydrogen-bond acceptors (Lipinski definition) is 6. The third-order valence-corrected chi connectivity index (χ3v) is 5.56. The average molecular weight is 392 g/mol. The van der Waals surface area contributed by atoms with Crippen molar-refractivity contribution in [1.82, 2.24) is 4.98 Å². The smallest absolute Gasteiger partial charge is 0.264 e. The van der Waals surface area contributed by atoms with E-state index in [0.717, 1.165) is 21.5 Å². The first-order valence-electron chi connectivity index (χ1n) is 9.02. The van der Waals surface area contributed by atoms with Gasteiger partial charge >= 0.3 is 0 Å². The lowest BCUT2D eigenvalue weighted by Crippen LogP contribution is -2.32. The Labute approximate surface area is 167 Å². The molecule has 0 bridgehead atoms. The zero-order valence-corrected chi connectivity index (χ0v) is 16.5. The molecule has 3 aromatic rings. The summed E-state index contributed by atoms with van der Waals surface area (Å²) in [4.78, 5) is 22.4. The van der Waals surface area contributed by atoms with Crippen LogP contribution in [0.1, 0.15) is 12.5 Å². The molecule has 0 fully saturated rings. The Morgan fingerprint density at radius 2 is 1.93 bits per heavy atom. The largest absolute Gasteiger partial charge is 0.383 e. The summed E-state index contributed by atoms with van der Waals surface area (Å²) in [5.74, 6) is -0.650. The van der Waals surface area contributed by atoms with Gasteiger partial charge in [-0.3, -0.25) is 9.79 Å². The number of aromatic nitrogens is 1. The summed E-state index contributed by atoms with van der Waals surface area (Å²) in [7, 11) is 1.64. The molecular formula is C21H20N4O2S. The monoisotopic (exact) mass is 392 g/mol. The van der Waals surface area contributed by atoms with E-state index in [-0.39, 0.29) is 5.91 Å². The second-order valence-corrected chi connectivity index (χ2v) is 7.42. The first-order valence-corrected chi connectivity index (χ1v) is 9.84. The van der Waals surface area contributed by atoms with Crippen LogP contribution in [-0.4, -0.2) is 42.6 Å². The SMILES string of the molecule is COCCN=C(C)C1C(=O)N(c2nc3ccccc3s2)N=C1c1ccccc1. The van der Waals surface area contributed by atoms with Crippen LogP contribution >= 0.6 is 11.3 Å². The number of rotatable bonds is 6. The second-order valence-electron chi connectivity index (χ2n) is 6.41. The fourth-order valence-corrected chi connectivity index (χ4v) is 4.08. The van der Waals surface area contributed by atoms with Gasteiger partial charge in [0, 0.05) is 12.8 Å². The van der Waals surface area contributed by atoms with Crippen molar-refractivity contribution in [2.75, 3.05) is 25.3 Å². The molecule has 1 amide bonds. The van der Waals surface area contributed by atoms with E-state index in [2.05, 4.69) is 15.1 Å². The van der Waals surface area contributed by atoms with E-state index in [0.29, 0.717) is 24.0 Å². The number of ether oxygens (including phenoxy) is 1. The zero-order valence-electron chi connectivity index (χ0n) is 15.7. The molecule has 1 aliphatic rings. The van der Waals surface area contributed by atoms with Crippen molar-refractivity contribution >= 4 is 44.0 Å². The number of fused-ring (bicyclic) bond motifs is 1. The molecule has 2 heterocycles. The average Bonchev–Trinajstić information content (AvgIpc) is 3.29. The molecular weight excluding hydrogens is 372 g/mol. The highest BCUT2D eigenvalue weighted by atomic mass is 32.1. The van der Waals surface area contributed by atoms with E-state index in [1.165, 1.54) is 16.3 Å². The molecule has 142 valence electrons. The molecule has 0 spiro atoms. The van der Waals surface area contributed by atoms with Crippen LogP contribution in [0.2, 0.25) is 0 Å². The number of amides is 1. The number of hydrazone groups is 1. The molecule has 28 heavy (non-hydrogen) atoms. The van der Waals surface area contributed by atoms with Crippen molar-refractivity contribution in [2.45, 2.75) is 6.92 Å². The van der Waals surface area contributed by atoms with Gasteiger partial charge in [0.25, 0.3) is 5.91 Å². The summed E-state index contributed by atoms with van der Waals surface area (Å²) < 4.78 is 6.10. The maximum atomic E-state index is 13.3. The van der Waals surface area contributed by atoms with Gasteiger partial charge in [0.2, 0.25) is 5.13 Å². The molecule has 2 aromatic carbocycles. The van der Waals surface area contributed by atoms with Crippen molar-refractivity contribution in [3.05, 3.63) is 60.2 Å². The number of carbonyl (C=O) groups is 1.